The largest absolute Gasteiger partial charge is 0.478 e. The lowest BCUT2D eigenvalue weighted by Gasteiger charge is -2.29. The number of benzene rings is 2. The smallest absolute Gasteiger partial charge is 0.337 e. The first-order valence-electron chi connectivity index (χ1n) is 12.2. The molecule has 1 atom stereocenters. The van der Waals surface area contributed by atoms with Crippen LogP contribution in [-0.4, -0.2) is 36.2 Å². The minimum Gasteiger partial charge on any atom is -0.478 e. The van der Waals surface area contributed by atoms with Crippen molar-refractivity contribution in [3.63, 3.8) is 0 Å². The summed E-state index contributed by atoms with van der Waals surface area (Å²) in [6.07, 6.45) is 9.41. The van der Waals surface area contributed by atoms with Gasteiger partial charge in [0, 0.05) is 37.2 Å². The second-order valence-corrected chi connectivity index (χ2v) is 9.47. The molecule has 1 aromatic heterocycles. The van der Waals surface area contributed by atoms with Gasteiger partial charge in [-0.15, -0.1) is 0 Å². The minimum atomic E-state index is -0.953. The number of carboxylic acid groups (broad SMARTS) is 1. The molecular formula is C28H32N4O2. The van der Waals surface area contributed by atoms with Crippen LogP contribution in [0.4, 0.5) is 17.1 Å². The van der Waals surface area contributed by atoms with Gasteiger partial charge in [-0.25, -0.2) is 4.79 Å². The molecule has 6 nitrogen and oxygen atoms in total. The van der Waals surface area contributed by atoms with E-state index < -0.39 is 5.97 Å². The van der Waals surface area contributed by atoms with Crippen molar-refractivity contribution < 1.29 is 9.90 Å². The van der Waals surface area contributed by atoms with E-state index in [-0.39, 0.29) is 11.6 Å². The average molecular weight is 457 g/mol. The number of nitrogens with one attached hydrogen (secondary N) is 2. The molecule has 0 radical (unpaired) electrons. The average Bonchev–Trinajstić information content (AvgIpc) is 2.84. The summed E-state index contributed by atoms with van der Waals surface area (Å²) in [5.74, 6) is -0.0696. The van der Waals surface area contributed by atoms with Crippen molar-refractivity contribution in [3.05, 3.63) is 83.2 Å². The van der Waals surface area contributed by atoms with E-state index in [1.54, 1.807) is 6.20 Å². The number of nitrogens with zero attached hydrogens (tertiary/aromatic N) is 2. The summed E-state index contributed by atoms with van der Waals surface area (Å²) in [5, 5.41) is 16.3. The minimum absolute atomic E-state index is 0.107. The molecule has 1 unspecified atom stereocenters. The fraction of sp³-hybridized carbons (Fsp3) is 0.357. The van der Waals surface area contributed by atoms with Gasteiger partial charge in [0.1, 0.15) is 0 Å². The fourth-order valence-electron chi connectivity index (χ4n) is 5.00. The molecule has 3 aromatic rings. The van der Waals surface area contributed by atoms with Gasteiger partial charge >= 0.3 is 5.97 Å². The molecule has 176 valence electrons. The highest BCUT2D eigenvalue weighted by molar-refractivity contribution is 5.93. The Bertz CT molecular complexity index is 1160. The Labute approximate surface area is 201 Å². The number of anilines is 3. The van der Waals surface area contributed by atoms with Crippen LogP contribution in [0.25, 0.3) is 0 Å². The molecule has 2 heterocycles. The van der Waals surface area contributed by atoms with E-state index in [2.05, 4.69) is 70.0 Å². The number of fused-ring (bicyclic) bond motifs is 1. The number of carboxylic acids is 1. The van der Waals surface area contributed by atoms with Gasteiger partial charge in [-0.05, 0) is 72.3 Å². The van der Waals surface area contributed by atoms with Gasteiger partial charge < -0.3 is 20.6 Å². The monoisotopic (exact) mass is 456 g/mol. The molecule has 2 aromatic carbocycles. The summed E-state index contributed by atoms with van der Waals surface area (Å²) in [6.45, 7) is 1.48. The number of hydrogen-bond donors (Lipinski definition) is 3. The Hall–Kier alpha value is -3.38. The van der Waals surface area contributed by atoms with E-state index >= 15 is 0 Å². The van der Waals surface area contributed by atoms with Gasteiger partial charge in [-0.1, -0.05) is 37.5 Å². The number of carbonyl (C=O) groups is 1. The van der Waals surface area contributed by atoms with Gasteiger partial charge in [0.25, 0.3) is 0 Å². The molecule has 1 aliphatic heterocycles. The van der Waals surface area contributed by atoms with Gasteiger partial charge in [0.2, 0.25) is 0 Å². The summed E-state index contributed by atoms with van der Waals surface area (Å²) in [5.41, 5.74) is 7.19. The van der Waals surface area contributed by atoms with Crippen molar-refractivity contribution in [2.45, 2.75) is 38.1 Å². The highest BCUT2D eigenvalue weighted by Gasteiger charge is 2.22. The van der Waals surface area contributed by atoms with Gasteiger partial charge in [-0.2, -0.15) is 0 Å². The number of aromatic carboxylic acids is 1. The van der Waals surface area contributed by atoms with Crippen LogP contribution in [0.5, 0.6) is 0 Å². The standard InChI is InChI=1S/C28H32N4O2/c1-32(22-7-5-20(6-8-22)15-19-3-2-4-19)23-9-10-24-21(16-23)11-14-30-27(24)18-31-26-17-29-13-12-25(26)28(33)34/h5-10,12-13,16-17,19,27,30-31H,2-4,11,14-15,18H2,1H3,(H,33,34). The van der Waals surface area contributed by atoms with Crippen LogP contribution in [0, 0.1) is 5.92 Å². The number of pyridine rings is 1. The maximum Gasteiger partial charge on any atom is 0.337 e. The van der Waals surface area contributed by atoms with Crippen molar-refractivity contribution in [2.75, 3.05) is 30.4 Å². The lowest BCUT2D eigenvalue weighted by Crippen LogP contribution is -2.34. The Morgan fingerprint density at radius 3 is 2.68 bits per heavy atom. The first-order valence-corrected chi connectivity index (χ1v) is 12.2. The highest BCUT2D eigenvalue weighted by atomic mass is 16.4. The summed E-state index contributed by atoms with van der Waals surface area (Å²) >= 11 is 0. The molecule has 34 heavy (non-hydrogen) atoms. The molecule has 0 spiro atoms. The molecule has 3 N–H and O–H groups in total. The van der Waals surface area contributed by atoms with Crippen LogP contribution >= 0.6 is 0 Å². The molecule has 2 aliphatic rings. The van der Waals surface area contributed by atoms with Crippen molar-refractivity contribution >= 4 is 23.0 Å². The number of rotatable bonds is 8. The first-order chi connectivity index (χ1) is 16.6. The number of aromatic nitrogens is 1. The third-order valence-corrected chi connectivity index (χ3v) is 7.30. The summed E-state index contributed by atoms with van der Waals surface area (Å²) in [7, 11) is 2.12. The SMILES string of the molecule is CN(c1ccc(CC2CCC2)cc1)c1ccc2c(c1)CCNC2CNc1cnccc1C(=O)O. The predicted octanol–water partition coefficient (Wildman–Crippen LogP) is 5.19. The van der Waals surface area contributed by atoms with Crippen LogP contribution in [-0.2, 0) is 12.8 Å². The van der Waals surface area contributed by atoms with Gasteiger partial charge in [-0.3, -0.25) is 4.98 Å². The molecule has 6 heteroatoms. The van der Waals surface area contributed by atoms with Gasteiger partial charge in [0.15, 0.2) is 0 Å². The van der Waals surface area contributed by atoms with E-state index in [4.69, 9.17) is 0 Å². The van der Waals surface area contributed by atoms with E-state index in [1.165, 1.54) is 66.0 Å². The van der Waals surface area contributed by atoms with Crippen LogP contribution in [0.3, 0.4) is 0 Å². The van der Waals surface area contributed by atoms with E-state index in [0.29, 0.717) is 12.2 Å². The maximum atomic E-state index is 11.5. The topological polar surface area (TPSA) is 77.5 Å². The molecular weight excluding hydrogens is 424 g/mol. The fourth-order valence-corrected chi connectivity index (χ4v) is 5.00. The quantitative estimate of drug-likeness (QED) is 0.433. The van der Waals surface area contributed by atoms with E-state index in [0.717, 1.165) is 18.9 Å². The summed E-state index contributed by atoms with van der Waals surface area (Å²) < 4.78 is 0. The Morgan fingerprint density at radius 2 is 1.94 bits per heavy atom. The molecule has 1 saturated carbocycles. The molecule has 1 fully saturated rings. The lowest BCUT2D eigenvalue weighted by atomic mass is 9.81. The molecule has 0 saturated heterocycles. The lowest BCUT2D eigenvalue weighted by molar-refractivity contribution is 0.0697. The molecule has 0 bridgehead atoms. The molecule has 5 rings (SSSR count). The van der Waals surface area contributed by atoms with Crippen LogP contribution in [0.15, 0.2) is 60.9 Å². The van der Waals surface area contributed by atoms with Crippen molar-refractivity contribution in [1.29, 1.82) is 0 Å². The summed E-state index contributed by atoms with van der Waals surface area (Å²) in [6, 6.07) is 17.3. The highest BCUT2D eigenvalue weighted by Crippen LogP contribution is 2.33. The maximum absolute atomic E-state index is 11.5. The Morgan fingerprint density at radius 1 is 1.15 bits per heavy atom. The van der Waals surface area contributed by atoms with Crippen molar-refractivity contribution in [1.82, 2.24) is 10.3 Å². The zero-order chi connectivity index (χ0) is 23.5. The zero-order valence-electron chi connectivity index (χ0n) is 19.6. The third-order valence-electron chi connectivity index (χ3n) is 7.30. The predicted molar refractivity (Wildman–Crippen MR) is 136 cm³/mol. The van der Waals surface area contributed by atoms with Crippen LogP contribution < -0.4 is 15.5 Å². The summed E-state index contributed by atoms with van der Waals surface area (Å²) in [4.78, 5) is 17.8. The van der Waals surface area contributed by atoms with Crippen molar-refractivity contribution in [3.8, 4) is 0 Å². The zero-order valence-corrected chi connectivity index (χ0v) is 19.6. The Kier molecular flexibility index (Phi) is 6.50. The molecule has 1 aliphatic carbocycles. The first kappa shape index (κ1) is 22.4. The second-order valence-electron chi connectivity index (χ2n) is 9.47. The van der Waals surface area contributed by atoms with E-state index in [9.17, 15) is 9.90 Å². The van der Waals surface area contributed by atoms with Gasteiger partial charge in [0.05, 0.1) is 17.4 Å². The second kappa shape index (κ2) is 9.85. The Balaban J connectivity index is 1.28. The van der Waals surface area contributed by atoms with Crippen LogP contribution in [0.2, 0.25) is 0 Å². The van der Waals surface area contributed by atoms with E-state index in [1.807, 2.05) is 0 Å². The molecule has 0 amide bonds. The van der Waals surface area contributed by atoms with Crippen molar-refractivity contribution in [2.24, 2.45) is 5.92 Å². The van der Waals surface area contributed by atoms with Crippen LogP contribution in [0.1, 0.15) is 52.4 Å². The normalized spacial score (nSPS) is 17.5. The third kappa shape index (κ3) is 4.77. The number of hydrogen-bond acceptors (Lipinski definition) is 5.